The predicted molar refractivity (Wildman–Crippen MR) is 69.1 cm³/mol. The number of nitrogens with zero attached hydrogens (tertiary/aromatic N) is 2. The van der Waals surface area contributed by atoms with Crippen molar-refractivity contribution in [3.8, 4) is 5.69 Å². The Morgan fingerprint density at radius 1 is 1.35 bits per heavy atom. The van der Waals surface area contributed by atoms with Gasteiger partial charge in [0.2, 0.25) is 0 Å². The number of hydrogen-bond donors (Lipinski definition) is 2. The Kier molecular flexibility index (Phi) is 2.90. The van der Waals surface area contributed by atoms with E-state index in [-0.39, 0.29) is 5.84 Å². The molecule has 4 nitrogen and oxygen atoms in total. The maximum Gasteiger partial charge on any atom is 0.124 e. The van der Waals surface area contributed by atoms with Gasteiger partial charge in [-0.2, -0.15) is 5.10 Å². The van der Waals surface area contributed by atoms with E-state index in [2.05, 4.69) is 5.10 Å². The quantitative estimate of drug-likeness (QED) is 0.633. The Hall–Kier alpha value is -1.81. The van der Waals surface area contributed by atoms with Gasteiger partial charge in [-0.15, -0.1) is 0 Å². The number of benzene rings is 1. The first-order valence-corrected chi connectivity index (χ1v) is 5.54. The smallest absolute Gasteiger partial charge is 0.124 e. The summed E-state index contributed by atoms with van der Waals surface area (Å²) in [4.78, 5) is 0. The van der Waals surface area contributed by atoms with Gasteiger partial charge in [-0.3, -0.25) is 5.41 Å². The molecule has 88 valence electrons. The van der Waals surface area contributed by atoms with E-state index in [1.54, 1.807) is 22.9 Å². The summed E-state index contributed by atoms with van der Waals surface area (Å²) in [5.41, 5.74) is 8.81. The summed E-state index contributed by atoms with van der Waals surface area (Å²) in [5.74, 6) is 0.00391. The zero-order valence-corrected chi connectivity index (χ0v) is 10.4. The Bertz CT molecular complexity index is 586. The Morgan fingerprint density at radius 3 is 2.59 bits per heavy atom. The molecule has 0 aliphatic heterocycles. The summed E-state index contributed by atoms with van der Waals surface area (Å²) in [6.07, 6.45) is 0. The molecule has 0 amide bonds. The van der Waals surface area contributed by atoms with Gasteiger partial charge in [-0.05, 0) is 38.1 Å². The van der Waals surface area contributed by atoms with Crippen LogP contribution in [0.5, 0.6) is 0 Å². The molecule has 0 bridgehead atoms. The first-order valence-electron chi connectivity index (χ1n) is 5.16. The summed E-state index contributed by atoms with van der Waals surface area (Å²) in [6.45, 7) is 3.87. The summed E-state index contributed by atoms with van der Waals surface area (Å²) in [5, 5.41) is 12.5. The fourth-order valence-corrected chi connectivity index (χ4v) is 1.95. The molecule has 1 aromatic heterocycles. The van der Waals surface area contributed by atoms with Crippen LogP contribution in [0.25, 0.3) is 5.69 Å². The minimum atomic E-state index is 0.00391. The lowest BCUT2D eigenvalue weighted by Crippen LogP contribution is -2.15. The number of nitrogen functional groups attached to an aromatic ring is 1. The standard InChI is InChI=1S/C12H13ClN4/c1-7-5-8(2)17(16-7)11-6-9(13)3-4-10(11)12(14)15/h3-6H,1-2H3,(H3,14,15). The second-order valence-corrected chi connectivity index (χ2v) is 4.35. The molecule has 0 aliphatic carbocycles. The molecule has 5 heteroatoms. The van der Waals surface area contributed by atoms with E-state index in [9.17, 15) is 0 Å². The monoisotopic (exact) mass is 248 g/mol. The third-order valence-corrected chi connectivity index (χ3v) is 2.72. The predicted octanol–water partition coefficient (Wildman–Crippen LogP) is 2.43. The van der Waals surface area contributed by atoms with Crippen LogP contribution in [0.1, 0.15) is 17.0 Å². The first-order chi connectivity index (χ1) is 7.99. The SMILES string of the molecule is Cc1cc(C)n(-c2cc(Cl)ccc2C(=N)N)n1. The van der Waals surface area contributed by atoms with E-state index in [1.807, 2.05) is 19.9 Å². The summed E-state index contributed by atoms with van der Waals surface area (Å²) in [6, 6.07) is 7.17. The first kappa shape index (κ1) is 11.7. The van der Waals surface area contributed by atoms with Crippen LogP contribution in [-0.2, 0) is 0 Å². The van der Waals surface area contributed by atoms with Crippen LogP contribution in [0.15, 0.2) is 24.3 Å². The third kappa shape index (κ3) is 2.17. The minimum Gasteiger partial charge on any atom is -0.384 e. The molecule has 0 saturated carbocycles. The Labute approximate surface area is 105 Å². The van der Waals surface area contributed by atoms with Crippen molar-refractivity contribution in [2.75, 3.05) is 0 Å². The largest absolute Gasteiger partial charge is 0.384 e. The van der Waals surface area contributed by atoms with E-state index in [0.29, 0.717) is 10.6 Å². The lowest BCUT2D eigenvalue weighted by atomic mass is 10.1. The zero-order chi connectivity index (χ0) is 12.6. The van der Waals surface area contributed by atoms with Crippen LogP contribution >= 0.6 is 11.6 Å². The highest BCUT2D eigenvalue weighted by molar-refractivity contribution is 6.31. The van der Waals surface area contributed by atoms with Gasteiger partial charge in [-0.25, -0.2) is 4.68 Å². The number of aromatic nitrogens is 2. The van der Waals surface area contributed by atoms with E-state index in [0.717, 1.165) is 17.1 Å². The molecule has 0 saturated heterocycles. The summed E-state index contributed by atoms with van der Waals surface area (Å²) in [7, 11) is 0. The van der Waals surface area contributed by atoms with E-state index >= 15 is 0 Å². The van der Waals surface area contributed by atoms with Crippen LogP contribution in [0, 0.1) is 19.3 Å². The summed E-state index contributed by atoms with van der Waals surface area (Å²) >= 11 is 5.98. The maximum atomic E-state index is 7.57. The summed E-state index contributed by atoms with van der Waals surface area (Å²) < 4.78 is 1.75. The van der Waals surface area contributed by atoms with Gasteiger partial charge in [0, 0.05) is 16.3 Å². The van der Waals surface area contributed by atoms with E-state index in [4.69, 9.17) is 22.7 Å². The van der Waals surface area contributed by atoms with Crippen LogP contribution in [-0.4, -0.2) is 15.6 Å². The molecule has 3 N–H and O–H groups in total. The normalized spacial score (nSPS) is 10.5. The van der Waals surface area contributed by atoms with Crippen LogP contribution < -0.4 is 5.73 Å². The van der Waals surface area contributed by atoms with Crippen LogP contribution in [0.2, 0.25) is 5.02 Å². The number of halogens is 1. The third-order valence-electron chi connectivity index (χ3n) is 2.49. The molecule has 1 heterocycles. The zero-order valence-electron chi connectivity index (χ0n) is 9.66. The highest BCUT2D eigenvalue weighted by Crippen LogP contribution is 2.21. The van der Waals surface area contributed by atoms with E-state index < -0.39 is 0 Å². The van der Waals surface area contributed by atoms with Crippen molar-refractivity contribution in [1.29, 1.82) is 5.41 Å². The molecular weight excluding hydrogens is 236 g/mol. The highest BCUT2D eigenvalue weighted by atomic mass is 35.5. The van der Waals surface area contributed by atoms with Gasteiger partial charge < -0.3 is 5.73 Å². The Balaban J connectivity index is 2.69. The molecule has 0 radical (unpaired) electrons. The van der Waals surface area contributed by atoms with Crippen molar-refractivity contribution < 1.29 is 0 Å². The minimum absolute atomic E-state index is 0.00391. The van der Waals surface area contributed by atoms with Gasteiger partial charge in [0.25, 0.3) is 0 Å². The number of rotatable bonds is 2. The number of nitrogens with one attached hydrogen (secondary N) is 1. The van der Waals surface area contributed by atoms with Gasteiger partial charge in [0.15, 0.2) is 0 Å². The molecule has 0 atom stereocenters. The van der Waals surface area contributed by atoms with Crippen LogP contribution in [0.3, 0.4) is 0 Å². The van der Waals surface area contributed by atoms with Crippen molar-refractivity contribution in [3.05, 3.63) is 46.2 Å². The second kappa shape index (κ2) is 4.22. The lowest BCUT2D eigenvalue weighted by molar-refractivity contribution is 0.831. The highest BCUT2D eigenvalue weighted by Gasteiger charge is 2.11. The van der Waals surface area contributed by atoms with Crippen molar-refractivity contribution in [3.63, 3.8) is 0 Å². The number of amidine groups is 1. The molecule has 2 aromatic rings. The van der Waals surface area contributed by atoms with Crippen molar-refractivity contribution in [1.82, 2.24) is 9.78 Å². The van der Waals surface area contributed by atoms with Gasteiger partial charge in [-0.1, -0.05) is 11.6 Å². The van der Waals surface area contributed by atoms with Crippen molar-refractivity contribution >= 4 is 17.4 Å². The van der Waals surface area contributed by atoms with E-state index in [1.165, 1.54) is 0 Å². The molecule has 0 fully saturated rings. The number of nitrogens with two attached hydrogens (primary N) is 1. The van der Waals surface area contributed by atoms with Crippen molar-refractivity contribution in [2.45, 2.75) is 13.8 Å². The fraction of sp³-hybridized carbons (Fsp3) is 0.167. The maximum absolute atomic E-state index is 7.57. The molecular formula is C12H13ClN4. The Morgan fingerprint density at radius 2 is 2.06 bits per heavy atom. The molecule has 17 heavy (non-hydrogen) atoms. The molecule has 1 aromatic carbocycles. The second-order valence-electron chi connectivity index (χ2n) is 3.91. The molecule has 0 unspecified atom stereocenters. The average molecular weight is 249 g/mol. The van der Waals surface area contributed by atoms with Crippen molar-refractivity contribution in [2.24, 2.45) is 5.73 Å². The lowest BCUT2D eigenvalue weighted by Gasteiger charge is -2.10. The fourth-order valence-electron chi connectivity index (χ4n) is 1.78. The topological polar surface area (TPSA) is 67.7 Å². The molecule has 2 rings (SSSR count). The average Bonchev–Trinajstić information content (AvgIpc) is 2.57. The molecule has 0 aliphatic rings. The number of aryl methyl sites for hydroxylation is 2. The van der Waals surface area contributed by atoms with Gasteiger partial charge >= 0.3 is 0 Å². The van der Waals surface area contributed by atoms with Crippen LogP contribution in [0.4, 0.5) is 0 Å². The van der Waals surface area contributed by atoms with Gasteiger partial charge in [0.05, 0.1) is 11.4 Å². The van der Waals surface area contributed by atoms with Gasteiger partial charge in [0.1, 0.15) is 5.84 Å². The number of hydrogen-bond acceptors (Lipinski definition) is 2. The molecule has 0 spiro atoms.